The molecule has 0 spiro atoms. The van der Waals surface area contributed by atoms with E-state index in [4.69, 9.17) is 4.74 Å². The Balaban J connectivity index is 1.92. The molecule has 0 amide bonds. The van der Waals surface area contributed by atoms with Crippen molar-refractivity contribution in [2.75, 3.05) is 0 Å². The van der Waals surface area contributed by atoms with E-state index in [1.165, 1.54) is 57.8 Å². The number of carbonyl (C=O) groups is 1. The monoisotopic (exact) mass is 310 g/mol. The Bertz CT molecular complexity index is 336. The number of ether oxygens (including phenoxy) is 1. The van der Waals surface area contributed by atoms with E-state index < -0.39 is 6.10 Å². The number of esters is 1. The Kier molecular flexibility index (Phi) is 10.2. The predicted molar refractivity (Wildman–Crippen MR) is 90.7 cm³/mol. The Hall–Kier alpha value is -0.830. The second-order valence-electron chi connectivity index (χ2n) is 6.63. The molecule has 1 aliphatic heterocycles. The lowest BCUT2D eigenvalue weighted by Crippen LogP contribution is -2.11. The Labute approximate surface area is 136 Å². The summed E-state index contributed by atoms with van der Waals surface area (Å²) < 4.78 is 5.04. The highest BCUT2D eigenvalue weighted by Crippen LogP contribution is 2.20. The molecule has 0 saturated carbocycles. The summed E-state index contributed by atoms with van der Waals surface area (Å²) in [5.74, 6) is -0.255. The topological polar surface area (TPSA) is 46.5 Å². The van der Waals surface area contributed by atoms with Crippen LogP contribution in [0.2, 0.25) is 0 Å². The molecule has 0 bridgehead atoms. The van der Waals surface area contributed by atoms with Crippen LogP contribution >= 0.6 is 0 Å². The van der Waals surface area contributed by atoms with E-state index in [2.05, 4.69) is 6.92 Å². The summed E-state index contributed by atoms with van der Waals surface area (Å²) in [7, 11) is 0. The van der Waals surface area contributed by atoms with Crippen molar-refractivity contribution < 1.29 is 14.6 Å². The van der Waals surface area contributed by atoms with Gasteiger partial charge < -0.3 is 9.84 Å². The summed E-state index contributed by atoms with van der Waals surface area (Å²) in [6, 6.07) is 0. The minimum atomic E-state index is -0.404. The minimum Gasteiger partial charge on any atom is -0.455 e. The molecule has 1 heterocycles. The third-order valence-corrected chi connectivity index (χ3v) is 4.34. The molecular weight excluding hydrogens is 276 g/mol. The van der Waals surface area contributed by atoms with Crippen LogP contribution < -0.4 is 0 Å². The van der Waals surface area contributed by atoms with Crippen molar-refractivity contribution in [1.29, 1.82) is 0 Å². The van der Waals surface area contributed by atoms with Crippen LogP contribution in [-0.4, -0.2) is 23.3 Å². The van der Waals surface area contributed by atoms with Crippen molar-refractivity contribution in [2.24, 2.45) is 0 Å². The van der Waals surface area contributed by atoms with Gasteiger partial charge in [-0.2, -0.15) is 0 Å². The maximum absolute atomic E-state index is 11.5. The number of unbranched alkanes of at least 4 members (excludes halogenated alkanes) is 9. The first-order valence-electron chi connectivity index (χ1n) is 9.23. The lowest BCUT2D eigenvalue weighted by atomic mass is 10.0. The van der Waals surface area contributed by atoms with Gasteiger partial charge in [0.2, 0.25) is 0 Å². The van der Waals surface area contributed by atoms with E-state index in [9.17, 15) is 9.90 Å². The van der Waals surface area contributed by atoms with Gasteiger partial charge in [0, 0.05) is 12.0 Å². The Morgan fingerprint density at radius 1 is 1.05 bits per heavy atom. The molecule has 0 aromatic rings. The first kappa shape index (κ1) is 19.2. The lowest BCUT2D eigenvalue weighted by molar-refractivity contribution is -0.139. The van der Waals surface area contributed by atoms with Crippen LogP contribution in [0.25, 0.3) is 0 Å². The van der Waals surface area contributed by atoms with Crippen LogP contribution in [0.3, 0.4) is 0 Å². The Morgan fingerprint density at radius 2 is 1.59 bits per heavy atom. The number of rotatable bonds is 13. The van der Waals surface area contributed by atoms with Crippen LogP contribution in [0, 0.1) is 0 Å². The zero-order valence-corrected chi connectivity index (χ0v) is 14.5. The molecule has 0 unspecified atom stereocenters. The van der Waals surface area contributed by atoms with Crippen LogP contribution in [0.4, 0.5) is 0 Å². The van der Waals surface area contributed by atoms with E-state index in [1.54, 1.807) is 0 Å². The van der Waals surface area contributed by atoms with Crippen LogP contribution in [0.5, 0.6) is 0 Å². The molecule has 0 saturated heterocycles. The third-order valence-electron chi connectivity index (χ3n) is 4.34. The number of carbonyl (C=O) groups excluding carboxylic acids is 1. The molecule has 22 heavy (non-hydrogen) atoms. The van der Waals surface area contributed by atoms with Gasteiger partial charge in [-0.05, 0) is 19.4 Å². The van der Waals surface area contributed by atoms with Crippen LogP contribution in [0.15, 0.2) is 11.6 Å². The standard InChI is InChI=1S/C19H34O3/c1-3-4-5-6-7-8-9-10-11-12-13-18(20)15-17-14-16(2)22-19(17)21/h14,16,18,20H,3-13,15H2,1-2H3/t16-,18+/m0/s1. The molecule has 0 aromatic heterocycles. The van der Waals surface area contributed by atoms with E-state index in [-0.39, 0.29) is 12.1 Å². The van der Waals surface area contributed by atoms with Crippen LogP contribution in [-0.2, 0) is 9.53 Å². The summed E-state index contributed by atoms with van der Waals surface area (Å²) in [5.41, 5.74) is 0.645. The van der Waals surface area contributed by atoms with E-state index in [0.717, 1.165) is 12.8 Å². The van der Waals surface area contributed by atoms with E-state index >= 15 is 0 Å². The molecule has 0 fully saturated rings. The molecule has 1 N–H and O–H groups in total. The highest BCUT2D eigenvalue weighted by atomic mass is 16.5. The molecule has 3 nitrogen and oxygen atoms in total. The van der Waals surface area contributed by atoms with Crippen molar-refractivity contribution in [1.82, 2.24) is 0 Å². The molecule has 3 heteroatoms. The van der Waals surface area contributed by atoms with Gasteiger partial charge >= 0.3 is 5.97 Å². The predicted octanol–water partition coefficient (Wildman–Crippen LogP) is 4.92. The molecule has 128 valence electrons. The fraction of sp³-hybridized carbons (Fsp3) is 0.842. The number of hydrogen-bond acceptors (Lipinski definition) is 3. The third kappa shape index (κ3) is 8.57. The summed E-state index contributed by atoms with van der Waals surface area (Å²) >= 11 is 0. The van der Waals surface area contributed by atoms with Crippen molar-refractivity contribution >= 4 is 5.97 Å². The highest BCUT2D eigenvalue weighted by Gasteiger charge is 2.23. The quantitative estimate of drug-likeness (QED) is 0.388. The van der Waals surface area contributed by atoms with E-state index in [1.807, 2.05) is 13.0 Å². The van der Waals surface area contributed by atoms with Gasteiger partial charge in [0.05, 0.1) is 6.10 Å². The number of aliphatic hydroxyl groups is 1. The summed E-state index contributed by atoms with van der Waals surface area (Å²) in [5, 5.41) is 9.99. The average Bonchev–Trinajstić information content (AvgIpc) is 2.79. The van der Waals surface area contributed by atoms with Crippen LogP contribution in [0.1, 0.15) is 90.9 Å². The second kappa shape index (κ2) is 11.7. The molecule has 1 rings (SSSR count). The largest absolute Gasteiger partial charge is 0.455 e. The molecule has 0 aliphatic carbocycles. The van der Waals surface area contributed by atoms with Crippen molar-refractivity contribution in [3.05, 3.63) is 11.6 Å². The van der Waals surface area contributed by atoms with Gasteiger partial charge in [-0.15, -0.1) is 0 Å². The first-order valence-corrected chi connectivity index (χ1v) is 9.23. The zero-order chi connectivity index (χ0) is 16.2. The van der Waals surface area contributed by atoms with Crippen molar-refractivity contribution in [2.45, 2.75) is 103 Å². The minimum absolute atomic E-state index is 0.132. The van der Waals surface area contributed by atoms with Crippen molar-refractivity contribution in [3.8, 4) is 0 Å². The number of hydrogen-bond donors (Lipinski definition) is 1. The summed E-state index contributed by atoms with van der Waals surface area (Å²) in [6.45, 7) is 4.10. The number of cyclic esters (lactones) is 1. The molecular formula is C19H34O3. The van der Waals surface area contributed by atoms with Gasteiger partial charge in [0.25, 0.3) is 0 Å². The summed E-state index contributed by atoms with van der Waals surface area (Å²) in [4.78, 5) is 11.5. The first-order chi connectivity index (χ1) is 10.6. The van der Waals surface area contributed by atoms with E-state index in [0.29, 0.717) is 12.0 Å². The zero-order valence-electron chi connectivity index (χ0n) is 14.5. The number of aliphatic hydroxyl groups excluding tert-OH is 1. The van der Waals surface area contributed by atoms with Gasteiger partial charge in [-0.25, -0.2) is 4.79 Å². The average molecular weight is 310 g/mol. The maximum Gasteiger partial charge on any atom is 0.334 e. The second-order valence-corrected chi connectivity index (χ2v) is 6.63. The fourth-order valence-corrected chi connectivity index (χ4v) is 3.00. The van der Waals surface area contributed by atoms with Gasteiger partial charge in [-0.1, -0.05) is 71.1 Å². The van der Waals surface area contributed by atoms with Gasteiger partial charge in [0.1, 0.15) is 6.10 Å². The molecule has 2 atom stereocenters. The van der Waals surface area contributed by atoms with Crippen molar-refractivity contribution in [3.63, 3.8) is 0 Å². The maximum atomic E-state index is 11.5. The van der Waals surface area contributed by atoms with Gasteiger partial charge in [-0.3, -0.25) is 0 Å². The fourth-order valence-electron chi connectivity index (χ4n) is 3.00. The highest BCUT2D eigenvalue weighted by molar-refractivity contribution is 5.90. The Morgan fingerprint density at radius 3 is 2.09 bits per heavy atom. The normalized spacial score (nSPS) is 19.1. The molecule has 1 aliphatic rings. The van der Waals surface area contributed by atoms with Gasteiger partial charge in [0.15, 0.2) is 0 Å². The molecule has 0 aromatic carbocycles. The lowest BCUT2D eigenvalue weighted by Gasteiger charge is -2.09. The smallest absolute Gasteiger partial charge is 0.334 e. The molecule has 0 radical (unpaired) electrons. The SMILES string of the molecule is CCCCCCCCCCCC[C@@H](O)CC1=C[C@H](C)OC1=O. The summed E-state index contributed by atoms with van der Waals surface area (Å²) in [6.07, 6.45) is 15.5.